The number of carbonyl (C=O) groups is 1. The molecule has 1 fully saturated rings. The molecule has 100 valence electrons. The van der Waals surface area contributed by atoms with E-state index in [1.165, 1.54) is 0 Å². The van der Waals surface area contributed by atoms with Gasteiger partial charge in [0.1, 0.15) is 6.04 Å². The molecule has 1 atom stereocenters. The first kappa shape index (κ1) is 13.6. The first-order chi connectivity index (χ1) is 8.59. The van der Waals surface area contributed by atoms with E-state index in [9.17, 15) is 4.79 Å². The van der Waals surface area contributed by atoms with E-state index in [-0.39, 0.29) is 5.91 Å². The minimum Gasteiger partial charge on any atom is -0.341 e. The fraction of sp³-hybridized carbons (Fsp3) is 0.643. The largest absolute Gasteiger partial charge is 0.341 e. The van der Waals surface area contributed by atoms with Crippen LogP contribution in [0, 0.1) is 11.8 Å². The summed E-state index contributed by atoms with van der Waals surface area (Å²) in [7, 11) is 0. The second kappa shape index (κ2) is 5.85. The summed E-state index contributed by atoms with van der Waals surface area (Å²) in [5.41, 5.74) is 6.03. The number of nitrogens with zero attached hydrogens (tertiary/aromatic N) is 1. The zero-order chi connectivity index (χ0) is 13.1. The van der Waals surface area contributed by atoms with E-state index in [1.807, 2.05) is 22.4 Å². The molecule has 3 nitrogen and oxygen atoms in total. The molecule has 1 unspecified atom stereocenters. The summed E-state index contributed by atoms with van der Waals surface area (Å²) in [4.78, 5) is 15.2. The van der Waals surface area contributed by atoms with E-state index in [4.69, 9.17) is 5.73 Å². The van der Waals surface area contributed by atoms with Gasteiger partial charge >= 0.3 is 0 Å². The third kappa shape index (κ3) is 2.93. The molecule has 0 aromatic carbocycles. The van der Waals surface area contributed by atoms with Gasteiger partial charge < -0.3 is 10.6 Å². The first-order valence-electron chi connectivity index (χ1n) is 6.67. The van der Waals surface area contributed by atoms with Crippen molar-refractivity contribution in [3.8, 4) is 0 Å². The average Bonchev–Trinajstić information content (AvgIpc) is 2.91. The second-order valence-electron chi connectivity index (χ2n) is 5.40. The summed E-state index contributed by atoms with van der Waals surface area (Å²) in [5.74, 6) is 1.56. The van der Waals surface area contributed by atoms with Crippen molar-refractivity contribution >= 4 is 17.2 Å². The van der Waals surface area contributed by atoms with E-state index in [0.717, 1.165) is 36.7 Å². The van der Waals surface area contributed by atoms with Gasteiger partial charge in [-0.05, 0) is 36.1 Å². The molecule has 1 aliphatic heterocycles. The minimum atomic E-state index is -0.472. The lowest BCUT2D eigenvalue weighted by atomic mass is 9.86. The molecule has 1 amide bonds. The van der Waals surface area contributed by atoms with Crippen molar-refractivity contribution in [3.63, 3.8) is 0 Å². The van der Waals surface area contributed by atoms with E-state index < -0.39 is 6.04 Å². The van der Waals surface area contributed by atoms with Crippen molar-refractivity contribution in [2.75, 3.05) is 13.1 Å². The van der Waals surface area contributed by atoms with Gasteiger partial charge in [-0.15, -0.1) is 11.3 Å². The molecule has 0 radical (unpaired) electrons. The van der Waals surface area contributed by atoms with Crippen LogP contribution in [0.3, 0.4) is 0 Å². The Hall–Kier alpha value is -0.870. The van der Waals surface area contributed by atoms with Crippen molar-refractivity contribution < 1.29 is 4.79 Å². The monoisotopic (exact) mass is 266 g/mol. The molecular weight excluding hydrogens is 244 g/mol. The number of amides is 1. The van der Waals surface area contributed by atoms with Gasteiger partial charge in [-0.25, -0.2) is 0 Å². The van der Waals surface area contributed by atoms with Crippen LogP contribution in [0.2, 0.25) is 0 Å². The Kier molecular flexibility index (Phi) is 4.40. The van der Waals surface area contributed by atoms with Crippen LogP contribution in [0.1, 0.15) is 37.6 Å². The second-order valence-corrected chi connectivity index (χ2v) is 6.38. The van der Waals surface area contributed by atoms with Crippen LogP contribution < -0.4 is 5.73 Å². The average molecular weight is 266 g/mol. The predicted molar refractivity (Wildman–Crippen MR) is 75.4 cm³/mol. The molecular formula is C14H22N2OS. The summed E-state index contributed by atoms with van der Waals surface area (Å²) in [6, 6.07) is 3.41. The van der Waals surface area contributed by atoms with Crippen LogP contribution in [0.5, 0.6) is 0 Å². The maximum Gasteiger partial charge on any atom is 0.244 e. The van der Waals surface area contributed by atoms with Gasteiger partial charge in [-0.2, -0.15) is 0 Å². The summed E-state index contributed by atoms with van der Waals surface area (Å²) in [5, 5.41) is 1.97. The van der Waals surface area contributed by atoms with Crippen molar-refractivity contribution in [1.29, 1.82) is 0 Å². The molecule has 0 spiro atoms. The molecule has 2 rings (SSSR count). The normalized spacial score (nSPS) is 19.2. The summed E-state index contributed by atoms with van der Waals surface area (Å²) in [6.45, 7) is 6.25. The highest BCUT2D eigenvalue weighted by Crippen LogP contribution is 2.26. The Morgan fingerprint density at radius 2 is 2.11 bits per heavy atom. The SMILES string of the molecule is CC(C)C1CCN(C(=O)C(N)c2cccs2)CC1. The number of rotatable bonds is 3. The molecule has 2 heterocycles. The molecule has 1 aromatic heterocycles. The number of hydrogen-bond acceptors (Lipinski definition) is 3. The van der Waals surface area contributed by atoms with Gasteiger partial charge in [0.15, 0.2) is 0 Å². The summed E-state index contributed by atoms with van der Waals surface area (Å²) >= 11 is 1.56. The van der Waals surface area contributed by atoms with Gasteiger partial charge in [-0.3, -0.25) is 4.79 Å². The zero-order valence-corrected chi connectivity index (χ0v) is 12.0. The summed E-state index contributed by atoms with van der Waals surface area (Å²) in [6.07, 6.45) is 2.22. The fourth-order valence-corrected chi connectivity index (χ4v) is 3.29. The molecule has 0 aliphatic carbocycles. The molecule has 0 saturated carbocycles. The van der Waals surface area contributed by atoms with Crippen LogP contribution in [-0.4, -0.2) is 23.9 Å². The minimum absolute atomic E-state index is 0.0830. The number of piperidine rings is 1. The highest BCUT2D eigenvalue weighted by atomic mass is 32.1. The Morgan fingerprint density at radius 3 is 2.61 bits per heavy atom. The predicted octanol–water partition coefficient (Wildman–Crippen LogP) is 2.64. The van der Waals surface area contributed by atoms with Gasteiger partial charge in [0, 0.05) is 18.0 Å². The Morgan fingerprint density at radius 1 is 1.44 bits per heavy atom. The van der Waals surface area contributed by atoms with Crippen LogP contribution >= 0.6 is 11.3 Å². The van der Waals surface area contributed by atoms with Gasteiger partial charge in [-0.1, -0.05) is 19.9 Å². The van der Waals surface area contributed by atoms with Gasteiger partial charge in [0.2, 0.25) is 5.91 Å². The number of carbonyl (C=O) groups excluding carboxylic acids is 1. The van der Waals surface area contributed by atoms with E-state index >= 15 is 0 Å². The smallest absolute Gasteiger partial charge is 0.244 e. The molecule has 18 heavy (non-hydrogen) atoms. The van der Waals surface area contributed by atoms with Crippen LogP contribution in [-0.2, 0) is 4.79 Å². The van der Waals surface area contributed by atoms with E-state index in [2.05, 4.69) is 13.8 Å². The van der Waals surface area contributed by atoms with Crippen LogP contribution in [0.4, 0.5) is 0 Å². The maximum atomic E-state index is 12.3. The first-order valence-corrected chi connectivity index (χ1v) is 7.55. The topological polar surface area (TPSA) is 46.3 Å². The Balaban J connectivity index is 1.91. The molecule has 0 bridgehead atoms. The number of likely N-dealkylation sites (tertiary alicyclic amines) is 1. The highest BCUT2D eigenvalue weighted by Gasteiger charge is 2.28. The van der Waals surface area contributed by atoms with Crippen molar-refractivity contribution in [2.45, 2.75) is 32.7 Å². The highest BCUT2D eigenvalue weighted by molar-refractivity contribution is 7.10. The third-order valence-corrected chi connectivity index (χ3v) is 4.87. The standard InChI is InChI=1S/C14H22N2OS/c1-10(2)11-5-7-16(8-6-11)14(17)13(15)12-4-3-9-18-12/h3-4,9-11,13H,5-8,15H2,1-2H3. The van der Waals surface area contributed by atoms with Crippen molar-refractivity contribution in [1.82, 2.24) is 4.90 Å². The fourth-order valence-electron chi connectivity index (χ4n) is 2.57. The number of hydrogen-bond donors (Lipinski definition) is 1. The number of nitrogens with two attached hydrogens (primary N) is 1. The van der Waals surface area contributed by atoms with E-state index in [1.54, 1.807) is 11.3 Å². The molecule has 2 N–H and O–H groups in total. The molecule has 1 saturated heterocycles. The summed E-state index contributed by atoms with van der Waals surface area (Å²) < 4.78 is 0. The third-order valence-electron chi connectivity index (χ3n) is 3.91. The lowest BCUT2D eigenvalue weighted by Gasteiger charge is -2.35. The van der Waals surface area contributed by atoms with Crippen LogP contribution in [0.25, 0.3) is 0 Å². The van der Waals surface area contributed by atoms with E-state index in [0.29, 0.717) is 5.92 Å². The zero-order valence-electron chi connectivity index (χ0n) is 11.1. The van der Waals surface area contributed by atoms with Crippen LogP contribution in [0.15, 0.2) is 17.5 Å². The van der Waals surface area contributed by atoms with Crippen molar-refractivity contribution in [3.05, 3.63) is 22.4 Å². The molecule has 1 aliphatic rings. The van der Waals surface area contributed by atoms with Crippen molar-refractivity contribution in [2.24, 2.45) is 17.6 Å². The molecule has 1 aromatic rings. The lowest BCUT2D eigenvalue weighted by Crippen LogP contribution is -2.43. The maximum absolute atomic E-state index is 12.3. The number of thiophene rings is 1. The Bertz CT molecular complexity index is 381. The lowest BCUT2D eigenvalue weighted by molar-refractivity contribution is -0.134. The van der Waals surface area contributed by atoms with Gasteiger partial charge in [0.05, 0.1) is 0 Å². The van der Waals surface area contributed by atoms with Gasteiger partial charge in [0.25, 0.3) is 0 Å². The Labute approximate surface area is 113 Å². The quantitative estimate of drug-likeness (QED) is 0.914. The molecule has 4 heteroatoms.